The molecule has 3 aliphatic heterocycles. The number of piperazine rings is 1. The Morgan fingerprint density at radius 3 is 1.21 bits per heavy atom. The molecular weight excluding hydrogens is 1130 g/mol. The first kappa shape index (κ1) is 93.2. The summed E-state index contributed by atoms with van der Waals surface area (Å²) in [5, 5.41) is 0. The summed E-state index contributed by atoms with van der Waals surface area (Å²) in [5.41, 5.74) is 16.8. The molecule has 18 heteroatoms. The number of amides is 2. The lowest BCUT2D eigenvalue weighted by Crippen LogP contribution is -2.45. The van der Waals surface area contributed by atoms with Gasteiger partial charge in [-0.2, -0.15) is 0 Å². The number of hydrogen-bond donors (Lipinski definition) is 3. The van der Waals surface area contributed by atoms with Gasteiger partial charge in [-0.05, 0) is 133 Å². The van der Waals surface area contributed by atoms with Gasteiger partial charge in [0.25, 0.3) is 0 Å². The van der Waals surface area contributed by atoms with Gasteiger partial charge in [0.05, 0.1) is 24.2 Å². The van der Waals surface area contributed by atoms with Gasteiger partial charge in [0, 0.05) is 107 Å². The number of nitrogens with zero attached hydrogens (tertiary/aromatic N) is 7. The van der Waals surface area contributed by atoms with Crippen LogP contribution in [0, 0.1) is 47.3 Å². The first-order valence-corrected chi connectivity index (χ1v) is 35.3. The second kappa shape index (κ2) is 55.1. The van der Waals surface area contributed by atoms with E-state index in [9.17, 15) is 38.4 Å². The fourth-order valence-corrected chi connectivity index (χ4v) is 9.83. The molecule has 0 saturated carbocycles. The summed E-state index contributed by atoms with van der Waals surface area (Å²) in [4.78, 5) is 107. The number of carbonyl (C=O) groups excluding carboxylic acids is 8. The highest BCUT2D eigenvalue weighted by Crippen LogP contribution is 2.26. The predicted molar refractivity (Wildman–Crippen MR) is 379 cm³/mol. The normalized spacial score (nSPS) is 16.9. The lowest BCUT2D eigenvalue weighted by Gasteiger charge is -2.32. The van der Waals surface area contributed by atoms with Gasteiger partial charge in [0.15, 0.2) is 23.1 Å². The topological polar surface area (TPSA) is 237 Å². The Labute approximate surface area is 553 Å². The third-order valence-electron chi connectivity index (χ3n) is 16.6. The molecule has 0 aromatic carbocycles. The summed E-state index contributed by atoms with van der Waals surface area (Å²) in [6, 6.07) is -0.610. The van der Waals surface area contributed by atoms with Gasteiger partial charge in [0.2, 0.25) is 11.8 Å². The lowest BCUT2D eigenvalue weighted by molar-refractivity contribution is -0.140. The van der Waals surface area contributed by atoms with E-state index in [-0.39, 0.29) is 101 Å². The minimum atomic E-state index is -0.245. The number of likely N-dealkylation sites (tertiary alicyclic amines) is 2. The van der Waals surface area contributed by atoms with Crippen molar-refractivity contribution in [2.24, 2.45) is 64.5 Å². The third kappa shape index (κ3) is 47.6. The monoisotopic (exact) mass is 1280 g/mol. The van der Waals surface area contributed by atoms with Gasteiger partial charge >= 0.3 is 0 Å². The smallest absolute Gasteiger partial charge is 0.233 e. The third-order valence-corrected chi connectivity index (χ3v) is 16.6. The fourth-order valence-electron chi connectivity index (χ4n) is 9.83. The molecule has 532 valence electrons. The number of Topliss-reactive ketones (excluding diaryl/α,β-unsaturated/α-hetero) is 6. The number of unbranched alkanes of at least 4 members (excludes halogenated alkanes) is 3. The van der Waals surface area contributed by atoms with Crippen LogP contribution in [-0.2, 0) is 38.4 Å². The molecule has 0 spiro atoms. The van der Waals surface area contributed by atoms with Gasteiger partial charge in [-0.25, -0.2) is 0 Å². The summed E-state index contributed by atoms with van der Waals surface area (Å²) in [6.07, 6.45) is 16.8. The van der Waals surface area contributed by atoms with Gasteiger partial charge in [-0.1, -0.05) is 156 Å². The predicted octanol–water partition coefficient (Wildman–Crippen LogP) is 10.2. The molecule has 3 rings (SSSR count). The van der Waals surface area contributed by atoms with Gasteiger partial charge in [-0.3, -0.25) is 48.2 Å². The van der Waals surface area contributed by atoms with Crippen LogP contribution in [-0.4, -0.2) is 226 Å². The van der Waals surface area contributed by atoms with E-state index < -0.39 is 0 Å². The number of imide groups is 1. The Morgan fingerprint density at radius 1 is 0.467 bits per heavy atom. The van der Waals surface area contributed by atoms with Gasteiger partial charge in [0.1, 0.15) is 11.6 Å². The largest absolute Gasteiger partial charge is 0.322 e. The van der Waals surface area contributed by atoms with Crippen molar-refractivity contribution in [1.29, 1.82) is 0 Å². The maximum atomic E-state index is 11.9. The van der Waals surface area contributed by atoms with Crippen LogP contribution in [0.4, 0.5) is 0 Å². The number of piperidine rings is 1. The van der Waals surface area contributed by atoms with E-state index in [0.29, 0.717) is 30.3 Å². The maximum absolute atomic E-state index is 11.9. The van der Waals surface area contributed by atoms with E-state index in [1.807, 2.05) is 137 Å². The molecule has 90 heavy (non-hydrogen) atoms. The average molecular weight is 1280 g/mol. The maximum Gasteiger partial charge on any atom is 0.233 e. The Hall–Kier alpha value is -3.20. The Bertz CT molecular complexity index is 1890. The Balaban J connectivity index is -0.000000483. The van der Waals surface area contributed by atoms with Crippen LogP contribution in [0.1, 0.15) is 227 Å². The summed E-state index contributed by atoms with van der Waals surface area (Å²) in [6.45, 7) is 44.8. The minimum Gasteiger partial charge on any atom is -0.322 e. The van der Waals surface area contributed by atoms with Crippen molar-refractivity contribution in [1.82, 2.24) is 34.3 Å². The first-order chi connectivity index (χ1) is 41.9. The van der Waals surface area contributed by atoms with E-state index in [1.165, 1.54) is 50.1 Å². The summed E-state index contributed by atoms with van der Waals surface area (Å²) >= 11 is 0. The number of ketones is 6. The zero-order valence-corrected chi connectivity index (χ0v) is 62.9. The number of likely N-dealkylation sites (N-methyl/N-ethyl adjacent to an activating group) is 2. The van der Waals surface area contributed by atoms with Crippen LogP contribution in [0.3, 0.4) is 0 Å². The Morgan fingerprint density at radius 2 is 0.867 bits per heavy atom. The molecular formula is C72H146N10O8. The molecule has 0 aromatic heterocycles. The molecule has 3 heterocycles. The highest BCUT2D eigenvalue weighted by atomic mass is 16.2. The van der Waals surface area contributed by atoms with Crippen molar-refractivity contribution in [3.63, 3.8) is 0 Å². The summed E-state index contributed by atoms with van der Waals surface area (Å²) in [5.74, 6) is 2.71. The van der Waals surface area contributed by atoms with E-state index in [4.69, 9.17) is 17.2 Å². The number of nitrogens with two attached hydrogens (primary N) is 3. The molecule has 3 saturated heterocycles. The van der Waals surface area contributed by atoms with Crippen LogP contribution in [0.5, 0.6) is 0 Å². The molecule has 5 atom stereocenters. The zero-order valence-electron chi connectivity index (χ0n) is 62.9. The molecule has 18 nitrogen and oxygen atoms in total. The minimum absolute atomic E-state index is 0.00227. The number of carbonyl (C=O) groups is 8. The molecule has 0 aromatic rings. The number of hydrogen-bond acceptors (Lipinski definition) is 17. The SMILES string of the molecule is CC(C)C(=O)C(CCCN(C)C)N(C)C.CC(C)C(=O)CCN1CCCCC1.CC(C)C(=O)CCN1CCN(C)CC1.CC(C)C1CC(=O)N(CCCN(C)C)C1=O.CCC(N)C(=O)C(C)C.CCCCC(N)C(=O)C(C)C.CCCCCC(N)C(=O)C(C)C. The molecule has 0 radical (unpaired) electrons. The van der Waals surface area contributed by atoms with Crippen molar-refractivity contribution in [2.75, 3.05) is 121 Å². The fraction of sp³-hybridized carbons (Fsp3) is 0.889. The van der Waals surface area contributed by atoms with Crippen LogP contribution < -0.4 is 17.2 Å². The van der Waals surface area contributed by atoms with Gasteiger partial charge in [-0.15, -0.1) is 0 Å². The lowest BCUT2D eigenvalue weighted by atomic mass is 9.94. The standard InChI is InChI=1S/C12H22N2O2.C12H26N2O.C11H22N2O.C11H21NO.C10H21NO.C9H19NO.C7H15NO/c1-9(2)10-8-11(15)14(12(10)16)7-5-6-13(3)4;1-10(2)12(15)11(14(5)6)8-7-9-13(3)4;1-10(2)11(14)4-5-13-8-6-12(3)7-9-13;1-10(2)11(13)6-9-12-7-4-3-5-8-12;1-4-5-6-7-9(11)10(12)8(2)3;1-4-5-6-8(10)9(11)7(2)3;1-4-6(8)7(9)5(2)3/h9-10H,5-8H2,1-4H3;10-11H,7-9H2,1-6H3;10H,4-9H2,1-3H3;10H,3-9H2,1-2H3;8-9H,4-7,11H2,1-3H3;7-8H,4-6,10H2,1-3H3;5-6H,4,8H2,1-3H3. The van der Waals surface area contributed by atoms with E-state index >= 15 is 0 Å². The van der Waals surface area contributed by atoms with Crippen LogP contribution >= 0.6 is 0 Å². The molecule has 5 unspecified atom stereocenters. The van der Waals surface area contributed by atoms with Crippen LogP contribution in [0.25, 0.3) is 0 Å². The molecule has 2 amide bonds. The van der Waals surface area contributed by atoms with Crippen molar-refractivity contribution < 1.29 is 38.4 Å². The van der Waals surface area contributed by atoms with Crippen molar-refractivity contribution in [3.05, 3.63) is 0 Å². The van der Waals surface area contributed by atoms with Crippen LogP contribution in [0.15, 0.2) is 0 Å². The highest BCUT2D eigenvalue weighted by molar-refractivity contribution is 6.03. The zero-order chi connectivity index (χ0) is 70.4. The first-order valence-electron chi connectivity index (χ1n) is 35.3. The van der Waals surface area contributed by atoms with Crippen molar-refractivity contribution in [3.8, 4) is 0 Å². The van der Waals surface area contributed by atoms with E-state index in [0.717, 1.165) is 123 Å². The van der Waals surface area contributed by atoms with Crippen molar-refractivity contribution in [2.45, 2.75) is 251 Å². The van der Waals surface area contributed by atoms with E-state index in [1.54, 1.807) is 0 Å². The highest BCUT2D eigenvalue weighted by Gasteiger charge is 2.39. The second-order valence-electron chi connectivity index (χ2n) is 28.4. The molecule has 0 aliphatic carbocycles. The average Bonchev–Trinajstić information content (AvgIpc) is 1.75. The van der Waals surface area contributed by atoms with Gasteiger partial charge < -0.3 is 41.7 Å². The quantitative estimate of drug-likeness (QED) is 0.0401. The molecule has 6 N–H and O–H groups in total. The molecule has 0 bridgehead atoms. The summed E-state index contributed by atoms with van der Waals surface area (Å²) < 4.78 is 0. The van der Waals surface area contributed by atoms with Crippen molar-refractivity contribution >= 4 is 46.5 Å². The van der Waals surface area contributed by atoms with E-state index in [2.05, 4.69) is 59.5 Å². The molecule has 3 aliphatic rings. The molecule has 3 fully saturated rings. The van der Waals surface area contributed by atoms with Crippen LogP contribution in [0.2, 0.25) is 0 Å². The number of rotatable bonds is 34. The second-order valence-corrected chi connectivity index (χ2v) is 28.4. The summed E-state index contributed by atoms with van der Waals surface area (Å²) in [7, 11) is 14.2. The Kier molecular flexibility index (Phi) is 57.1.